The van der Waals surface area contributed by atoms with Crippen molar-refractivity contribution >= 4 is 6.08 Å². The molecule has 39 heavy (non-hydrogen) atoms. The van der Waals surface area contributed by atoms with Crippen LogP contribution in [0.3, 0.4) is 0 Å². The minimum atomic E-state index is -4.14. The minimum absolute atomic E-state index is 0.108. The molecule has 1 unspecified atom stereocenters. The standard InChI is InChI=1S/C36H59F3/c1-27(2)33(7,8)26-35(11,34(9,10)28(3)4)30(6)19-16-14-12-13-15-17-21-32-23-22-31(25-29(32)5)20-18-24-36(37,38)39/h18,20,22-23,25,27-28H,6,12-17,19,21,24,26H2,1-5,7-11H3/b20-18+. The lowest BCUT2D eigenvalue weighted by Crippen LogP contribution is -2.44. The van der Waals surface area contributed by atoms with Gasteiger partial charge in [0.1, 0.15) is 0 Å². The predicted octanol–water partition coefficient (Wildman–Crippen LogP) is 12.6. The van der Waals surface area contributed by atoms with E-state index in [0.29, 0.717) is 11.8 Å². The van der Waals surface area contributed by atoms with Crippen molar-refractivity contribution in [3.05, 3.63) is 53.1 Å². The van der Waals surface area contributed by atoms with Crippen molar-refractivity contribution in [1.29, 1.82) is 0 Å². The largest absolute Gasteiger partial charge is 0.392 e. The van der Waals surface area contributed by atoms with E-state index in [2.05, 4.69) is 81.9 Å². The van der Waals surface area contributed by atoms with E-state index < -0.39 is 12.6 Å². The van der Waals surface area contributed by atoms with E-state index in [9.17, 15) is 13.2 Å². The molecule has 0 radical (unpaired) electrons. The molecule has 1 aromatic rings. The Bertz CT molecular complexity index is 914. The monoisotopic (exact) mass is 548 g/mol. The van der Waals surface area contributed by atoms with E-state index in [1.807, 2.05) is 12.1 Å². The molecule has 1 aromatic carbocycles. The third-order valence-corrected chi connectivity index (χ3v) is 10.2. The number of unbranched alkanes of at least 4 members (excludes halogenated alkanes) is 5. The van der Waals surface area contributed by atoms with Crippen LogP contribution in [0.1, 0.15) is 137 Å². The smallest absolute Gasteiger partial charge is 0.171 e. The summed E-state index contributed by atoms with van der Waals surface area (Å²) in [6.45, 7) is 28.4. The summed E-state index contributed by atoms with van der Waals surface area (Å²) in [7, 11) is 0. The number of rotatable bonds is 17. The van der Waals surface area contributed by atoms with Crippen molar-refractivity contribution in [2.75, 3.05) is 0 Å². The minimum Gasteiger partial charge on any atom is -0.171 e. The van der Waals surface area contributed by atoms with Crippen LogP contribution < -0.4 is 0 Å². The first-order chi connectivity index (χ1) is 17.8. The number of hydrogen-bond donors (Lipinski definition) is 0. The fourth-order valence-corrected chi connectivity index (χ4v) is 5.63. The Labute approximate surface area is 239 Å². The molecule has 0 spiro atoms. The average Bonchev–Trinajstić information content (AvgIpc) is 2.80. The molecule has 0 amide bonds. The quantitative estimate of drug-likeness (QED) is 0.134. The predicted molar refractivity (Wildman–Crippen MR) is 166 cm³/mol. The van der Waals surface area contributed by atoms with Crippen molar-refractivity contribution < 1.29 is 13.2 Å². The van der Waals surface area contributed by atoms with Crippen LogP contribution in [0.15, 0.2) is 36.4 Å². The van der Waals surface area contributed by atoms with Crippen molar-refractivity contribution in [3.8, 4) is 0 Å². The Hall–Kier alpha value is -1.51. The van der Waals surface area contributed by atoms with Gasteiger partial charge in [-0.15, -0.1) is 0 Å². The van der Waals surface area contributed by atoms with Crippen LogP contribution in [-0.4, -0.2) is 6.18 Å². The highest BCUT2D eigenvalue weighted by molar-refractivity contribution is 5.51. The molecule has 0 aliphatic heterocycles. The summed E-state index contributed by atoms with van der Waals surface area (Å²) < 4.78 is 37.0. The number of hydrogen-bond acceptors (Lipinski definition) is 0. The van der Waals surface area contributed by atoms with Gasteiger partial charge in [0.25, 0.3) is 0 Å². The van der Waals surface area contributed by atoms with Crippen molar-refractivity contribution in [3.63, 3.8) is 0 Å². The normalized spacial score (nSPS) is 14.9. The highest BCUT2D eigenvalue weighted by atomic mass is 19.4. The van der Waals surface area contributed by atoms with Gasteiger partial charge >= 0.3 is 6.18 Å². The lowest BCUT2D eigenvalue weighted by Gasteiger charge is -2.53. The van der Waals surface area contributed by atoms with E-state index in [4.69, 9.17) is 0 Å². The third-order valence-electron chi connectivity index (χ3n) is 10.2. The van der Waals surface area contributed by atoms with Gasteiger partial charge < -0.3 is 0 Å². The van der Waals surface area contributed by atoms with Crippen molar-refractivity contribution in [1.82, 2.24) is 0 Å². The topological polar surface area (TPSA) is 0 Å². The second-order valence-electron chi connectivity index (χ2n) is 14.2. The molecular weight excluding hydrogens is 489 g/mol. The Morgan fingerprint density at radius 2 is 1.41 bits per heavy atom. The van der Waals surface area contributed by atoms with E-state index in [-0.39, 0.29) is 16.2 Å². The summed E-state index contributed by atoms with van der Waals surface area (Å²) in [5.74, 6) is 1.22. The van der Waals surface area contributed by atoms with Gasteiger partial charge in [-0.2, -0.15) is 13.2 Å². The summed E-state index contributed by atoms with van der Waals surface area (Å²) in [4.78, 5) is 0. The van der Waals surface area contributed by atoms with Crippen molar-refractivity contribution in [2.45, 2.75) is 140 Å². The van der Waals surface area contributed by atoms with E-state index in [1.54, 1.807) is 6.08 Å². The van der Waals surface area contributed by atoms with Gasteiger partial charge in [-0.25, -0.2) is 0 Å². The average molecular weight is 549 g/mol. The Kier molecular flexibility index (Phi) is 13.6. The molecule has 0 aliphatic carbocycles. The maximum atomic E-state index is 12.3. The van der Waals surface area contributed by atoms with Crippen LogP contribution in [0.4, 0.5) is 13.2 Å². The molecule has 224 valence electrons. The summed E-state index contributed by atoms with van der Waals surface area (Å²) >= 11 is 0. The number of aryl methyl sites for hydroxylation is 2. The maximum absolute atomic E-state index is 12.3. The van der Waals surface area contributed by atoms with Crippen LogP contribution >= 0.6 is 0 Å². The van der Waals surface area contributed by atoms with Crippen LogP contribution in [0.25, 0.3) is 6.08 Å². The zero-order chi connectivity index (χ0) is 30.1. The van der Waals surface area contributed by atoms with Gasteiger partial charge in [0.2, 0.25) is 0 Å². The molecule has 0 heterocycles. The lowest BCUT2D eigenvalue weighted by atomic mass is 9.52. The van der Waals surface area contributed by atoms with Crippen molar-refractivity contribution in [2.24, 2.45) is 28.1 Å². The molecule has 0 aromatic heterocycles. The van der Waals surface area contributed by atoms with E-state index in [0.717, 1.165) is 30.4 Å². The molecule has 0 saturated heterocycles. The molecule has 0 nitrogen and oxygen atoms in total. The number of benzene rings is 1. The molecule has 0 fully saturated rings. The summed E-state index contributed by atoms with van der Waals surface area (Å²) in [6.07, 6.45) is 8.41. The Balaban J connectivity index is 2.50. The van der Waals surface area contributed by atoms with E-state index >= 15 is 0 Å². The number of alkyl halides is 3. The van der Waals surface area contributed by atoms with Crippen LogP contribution in [0.5, 0.6) is 0 Å². The Morgan fingerprint density at radius 3 is 1.92 bits per heavy atom. The number of halogens is 3. The Morgan fingerprint density at radius 1 is 0.846 bits per heavy atom. The molecule has 0 N–H and O–H groups in total. The molecule has 0 aliphatic rings. The van der Waals surface area contributed by atoms with E-state index in [1.165, 1.54) is 55.7 Å². The molecule has 1 atom stereocenters. The first-order valence-corrected chi connectivity index (χ1v) is 15.3. The maximum Gasteiger partial charge on any atom is 0.392 e. The third kappa shape index (κ3) is 11.1. The molecule has 0 saturated carbocycles. The summed E-state index contributed by atoms with van der Waals surface area (Å²) in [6, 6.07) is 5.99. The summed E-state index contributed by atoms with van der Waals surface area (Å²) in [5.41, 5.74) is 5.30. The first-order valence-electron chi connectivity index (χ1n) is 15.3. The van der Waals surface area contributed by atoms with Crippen LogP contribution in [-0.2, 0) is 6.42 Å². The second kappa shape index (κ2) is 14.9. The van der Waals surface area contributed by atoms with Gasteiger partial charge in [-0.3, -0.25) is 0 Å². The SMILES string of the molecule is C=C(CCCCCCCCc1ccc(/C=C/CC(F)(F)F)cc1C)C(C)(CC(C)(C)C(C)C)C(C)(C)C(C)C. The first kappa shape index (κ1) is 35.5. The summed E-state index contributed by atoms with van der Waals surface area (Å²) in [5, 5.41) is 0. The molecule has 1 rings (SSSR count). The highest BCUT2D eigenvalue weighted by Crippen LogP contribution is 2.56. The zero-order valence-corrected chi connectivity index (χ0v) is 27.0. The fourth-order valence-electron chi connectivity index (χ4n) is 5.63. The number of allylic oxidation sites excluding steroid dienone is 2. The van der Waals surface area contributed by atoms with Gasteiger partial charge in [0.05, 0.1) is 6.42 Å². The molecule has 3 heteroatoms. The fraction of sp³-hybridized carbons (Fsp3) is 0.722. The van der Waals surface area contributed by atoms with Crippen LogP contribution in [0, 0.1) is 35.0 Å². The lowest BCUT2D eigenvalue weighted by molar-refractivity contribution is -0.124. The second-order valence-corrected chi connectivity index (χ2v) is 14.2. The zero-order valence-electron chi connectivity index (χ0n) is 27.0. The van der Waals surface area contributed by atoms with Gasteiger partial charge in [-0.05, 0) is 83.8 Å². The highest BCUT2D eigenvalue weighted by Gasteiger charge is 2.47. The van der Waals surface area contributed by atoms with Gasteiger partial charge in [0.15, 0.2) is 0 Å². The molecule has 0 bridgehead atoms. The van der Waals surface area contributed by atoms with Gasteiger partial charge in [-0.1, -0.05) is 131 Å². The van der Waals surface area contributed by atoms with Gasteiger partial charge in [0, 0.05) is 0 Å². The van der Waals surface area contributed by atoms with Crippen LogP contribution in [0.2, 0.25) is 0 Å². The molecular formula is C36H59F3.